The molecule has 0 amide bonds. The number of carbonyl (C=O) groups excluding carboxylic acids is 1. The van der Waals surface area contributed by atoms with Gasteiger partial charge >= 0.3 is 12.1 Å². The number of ether oxygens (including phenoxy) is 1. The average molecular weight is 290 g/mol. The molecule has 100 valence electrons. The highest BCUT2D eigenvalue weighted by Crippen LogP contribution is 2.39. The smallest absolute Gasteiger partial charge is 0.419 e. The van der Waals surface area contributed by atoms with Crippen molar-refractivity contribution < 1.29 is 31.5 Å². The normalized spacial score (nSPS) is 11.8. The molecular formula is C9H5ClF5NO2. The number of aromatic nitrogens is 1. The van der Waals surface area contributed by atoms with Gasteiger partial charge in [0.1, 0.15) is 5.15 Å². The van der Waals surface area contributed by atoms with Crippen molar-refractivity contribution in [3.8, 4) is 0 Å². The summed E-state index contributed by atoms with van der Waals surface area (Å²) >= 11 is 5.30. The topological polar surface area (TPSA) is 39.2 Å². The van der Waals surface area contributed by atoms with Gasteiger partial charge in [-0.1, -0.05) is 11.6 Å². The molecule has 3 nitrogen and oxygen atoms in total. The molecule has 18 heavy (non-hydrogen) atoms. The lowest BCUT2D eigenvalue weighted by Crippen LogP contribution is -2.19. The molecule has 0 aromatic carbocycles. The van der Waals surface area contributed by atoms with Crippen LogP contribution in [-0.2, 0) is 10.9 Å². The van der Waals surface area contributed by atoms with Crippen LogP contribution in [0.1, 0.15) is 28.0 Å². The minimum Gasteiger partial charge on any atom is -0.464 e. The van der Waals surface area contributed by atoms with Gasteiger partial charge in [-0.3, -0.25) is 0 Å². The number of hydrogen-bond donors (Lipinski definition) is 0. The highest BCUT2D eigenvalue weighted by Gasteiger charge is 2.41. The van der Waals surface area contributed by atoms with Crippen molar-refractivity contribution >= 4 is 17.6 Å². The van der Waals surface area contributed by atoms with E-state index in [1.165, 1.54) is 0 Å². The van der Waals surface area contributed by atoms with Crippen LogP contribution < -0.4 is 0 Å². The standard InChI is InChI=1S/C9H5ClF5NO2/c1-18-8(17)6-5(9(13,14)15)3(7(11)12)2-4(10)16-6/h2,7H,1H3. The summed E-state index contributed by atoms with van der Waals surface area (Å²) in [7, 11) is 0.799. The van der Waals surface area contributed by atoms with Crippen LogP contribution in [0.2, 0.25) is 5.15 Å². The van der Waals surface area contributed by atoms with Gasteiger partial charge in [-0.05, 0) is 6.07 Å². The Morgan fingerprint density at radius 1 is 1.44 bits per heavy atom. The quantitative estimate of drug-likeness (QED) is 0.475. The van der Waals surface area contributed by atoms with Crippen molar-refractivity contribution in [1.29, 1.82) is 0 Å². The third kappa shape index (κ3) is 2.87. The summed E-state index contributed by atoms with van der Waals surface area (Å²) in [5, 5.41) is -0.654. The summed E-state index contributed by atoms with van der Waals surface area (Å²) in [6.45, 7) is 0. The zero-order valence-corrected chi connectivity index (χ0v) is 9.44. The molecule has 1 aromatic heterocycles. The van der Waals surface area contributed by atoms with E-state index in [0.29, 0.717) is 6.07 Å². The minimum absolute atomic E-state index is 0.363. The van der Waals surface area contributed by atoms with E-state index >= 15 is 0 Å². The molecule has 9 heteroatoms. The second-order valence-corrected chi connectivity index (χ2v) is 3.44. The molecule has 0 aliphatic heterocycles. The van der Waals surface area contributed by atoms with E-state index < -0.39 is 40.5 Å². The molecular weight excluding hydrogens is 285 g/mol. The number of methoxy groups -OCH3 is 1. The number of nitrogens with zero attached hydrogens (tertiary/aromatic N) is 1. The van der Waals surface area contributed by atoms with E-state index in [1.807, 2.05) is 0 Å². The Kier molecular flexibility index (Phi) is 4.10. The fourth-order valence-electron chi connectivity index (χ4n) is 1.25. The number of rotatable bonds is 2. The van der Waals surface area contributed by atoms with Crippen LogP contribution in [0.5, 0.6) is 0 Å². The Hall–Kier alpha value is -1.44. The van der Waals surface area contributed by atoms with Crippen molar-refractivity contribution in [1.82, 2.24) is 4.98 Å². The average Bonchev–Trinajstić information content (AvgIpc) is 2.24. The van der Waals surface area contributed by atoms with Crippen LogP contribution >= 0.6 is 11.6 Å². The molecule has 0 fully saturated rings. The second kappa shape index (κ2) is 5.05. The molecule has 0 bridgehead atoms. The number of pyridine rings is 1. The molecule has 0 atom stereocenters. The van der Waals surface area contributed by atoms with E-state index in [4.69, 9.17) is 11.6 Å². The van der Waals surface area contributed by atoms with Gasteiger partial charge in [0.25, 0.3) is 6.43 Å². The fraction of sp³-hybridized carbons (Fsp3) is 0.333. The van der Waals surface area contributed by atoms with Crippen LogP contribution in [0.15, 0.2) is 6.07 Å². The van der Waals surface area contributed by atoms with Gasteiger partial charge in [0, 0.05) is 5.56 Å². The Morgan fingerprint density at radius 3 is 2.39 bits per heavy atom. The maximum atomic E-state index is 12.7. The third-order valence-electron chi connectivity index (χ3n) is 1.92. The zero-order chi connectivity index (χ0) is 14.1. The largest absolute Gasteiger partial charge is 0.464 e. The van der Waals surface area contributed by atoms with Crippen molar-refractivity contribution in [2.45, 2.75) is 12.6 Å². The molecule has 0 saturated heterocycles. The summed E-state index contributed by atoms with van der Waals surface area (Å²) in [6.07, 6.45) is -8.63. The molecule has 0 radical (unpaired) electrons. The molecule has 0 saturated carbocycles. The molecule has 0 aliphatic rings. The number of hydrogen-bond acceptors (Lipinski definition) is 3. The summed E-state index contributed by atoms with van der Waals surface area (Å²) in [5.41, 5.74) is -4.54. The fourth-order valence-corrected chi connectivity index (χ4v) is 1.45. The first-order valence-corrected chi connectivity index (χ1v) is 4.70. The second-order valence-electron chi connectivity index (χ2n) is 3.05. The van der Waals surface area contributed by atoms with E-state index in [-0.39, 0.29) is 0 Å². The molecule has 1 aromatic rings. The summed E-state index contributed by atoms with van der Waals surface area (Å²) in [4.78, 5) is 14.2. The Morgan fingerprint density at radius 2 is 2.00 bits per heavy atom. The molecule has 0 unspecified atom stereocenters. The van der Waals surface area contributed by atoms with Crippen molar-refractivity contribution in [3.05, 3.63) is 28.0 Å². The Bertz CT molecular complexity index is 475. The zero-order valence-electron chi connectivity index (χ0n) is 8.69. The monoisotopic (exact) mass is 289 g/mol. The van der Waals surface area contributed by atoms with Crippen molar-refractivity contribution in [3.63, 3.8) is 0 Å². The maximum Gasteiger partial charge on any atom is 0.419 e. The first kappa shape index (κ1) is 14.6. The van der Waals surface area contributed by atoms with Gasteiger partial charge in [0.15, 0.2) is 5.69 Å². The summed E-state index contributed by atoms with van der Waals surface area (Å²) < 4.78 is 67.2. The first-order valence-electron chi connectivity index (χ1n) is 4.32. The van der Waals surface area contributed by atoms with E-state index in [0.717, 1.165) is 7.11 Å². The van der Waals surface area contributed by atoms with Gasteiger partial charge in [0.05, 0.1) is 12.7 Å². The predicted octanol–water partition coefficient (Wildman–Crippen LogP) is 3.48. The van der Waals surface area contributed by atoms with E-state index in [2.05, 4.69) is 9.72 Å². The van der Waals surface area contributed by atoms with Gasteiger partial charge in [-0.15, -0.1) is 0 Å². The van der Waals surface area contributed by atoms with Crippen molar-refractivity contribution in [2.75, 3.05) is 7.11 Å². The maximum absolute atomic E-state index is 12.7. The number of halogens is 6. The SMILES string of the molecule is COC(=O)c1nc(Cl)cc(C(F)F)c1C(F)(F)F. The van der Waals surface area contributed by atoms with Crippen LogP contribution in [-0.4, -0.2) is 18.1 Å². The lowest BCUT2D eigenvalue weighted by Gasteiger charge is -2.15. The predicted molar refractivity (Wildman–Crippen MR) is 50.5 cm³/mol. The van der Waals surface area contributed by atoms with Crippen molar-refractivity contribution in [2.24, 2.45) is 0 Å². The lowest BCUT2D eigenvalue weighted by molar-refractivity contribution is -0.140. The number of esters is 1. The Labute approximate surface area is 103 Å². The summed E-state index contributed by atoms with van der Waals surface area (Å²) in [6, 6.07) is 0.363. The van der Waals surface area contributed by atoms with Crippen LogP contribution in [0.25, 0.3) is 0 Å². The van der Waals surface area contributed by atoms with E-state index in [1.54, 1.807) is 0 Å². The first-order chi connectivity index (χ1) is 8.18. The van der Waals surface area contributed by atoms with Gasteiger partial charge in [-0.2, -0.15) is 13.2 Å². The molecule has 0 spiro atoms. The van der Waals surface area contributed by atoms with Gasteiger partial charge < -0.3 is 4.74 Å². The highest BCUT2D eigenvalue weighted by atomic mass is 35.5. The number of alkyl halides is 5. The third-order valence-corrected chi connectivity index (χ3v) is 2.11. The summed E-state index contributed by atoms with van der Waals surface area (Å²) in [5.74, 6) is -1.49. The molecule has 1 rings (SSSR count). The minimum atomic E-state index is -5.17. The molecule has 1 heterocycles. The number of carbonyl (C=O) groups is 1. The van der Waals surface area contributed by atoms with Crippen LogP contribution in [0.4, 0.5) is 22.0 Å². The molecule has 0 N–H and O–H groups in total. The molecule has 0 aliphatic carbocycles. The van der Waals surface area contributed by atoms with Crippen LogP contribution in [0, 0.1) is 0 Å². The Balaban J connectivity index is 3.64. The lowest BCUT2D eigenvalue weighted by atomic mass is 10.1. The van der Waals surface area contributed by atoms with Gasteiger partial charge in [-0.25, -0.2) is 18.6 Å². The van der Waals surface area contributed by atoms with Crippen LogP contribution in [0.3, 0.4) is 0 Å². The highest BCUT2D eigenvalue weighted by molar-refractivity contribution is 6.29. The van der Waals surface area contributed by atoms with E-state index in [9.17, 15) is 26.7 Å². The van der Waals surface area contributed by atoms with Gasteiger partial charge in [0.2, 0.25) is 0 Å².